The molecule has 0 bridgehead atoms. The van der Waals surface area contributed by atoms with Gasteiger partial charge in [0.2, 0.25) is 0 Å². The quantitative estimate of drug-likeness (QED) is 0.126. The van der Waals surface area contributed by atoms with E-state index < -0.39 is 0 Å². The van der Waals surface area contributed by atoms with Crippen LogP contribution in [0.25, 0.3) is 72.0 Å². The number of fused-ring (bicyclic) bond motifs is 6. The monoisotopic (exact) mass is 880 g/mol. The summed E-state index contributed by atoms with van der Waals surface area (Å²) in [5.41, 5.74) is 22.3. The zero-order valence-electron chi connectivity index (χ0n) is 40.5. The average molecular weight is 881 g/mol. The van der Waals surface area contributed by atoms with Crippen molar-refractivity contribution < 1.29 is 0 Å². The summed E-state index contributed by atoms with van der Waals surface area (Å²) in [6.45, 7) is 16.3. The first kappa shape index (κ1) is 43.2. The predicted molar refractivity (Wildman–Crippen MR) is 291 cm³/mol. The summed E-state index contributed by atoms with van der Waals surface area (Å²) in [4.78, 5) is 2.41. The molecular formula is C66H60N2. The molecule has 0 spiro atoms. The van der Waals surface area contributed by atoms with E-state index >= 15 is 0 Å². The van der Waals surface area contributed by atoms with E-state index in [0.717, 1.165) is 17.1 Å². The molecule has 1 aliphatic rings. The van der Waals surface area contributed by atoms with Crippen LogP contribution in [0.4, 0.5) is 17.1 Å². The van der Waals surface area contributed by atoms with Gasteiger partial charge in [0, 0.05) is 38.9 Å². The fraction of sp³-hybridized carbons (Fsp3) is 0.182. The first-order valence-corrected chi connectivity index (χ1v) is 24.6. The van der Waals surface area contributed by atoms with Gasteiger partial charge in [-0.25, -0.2) is 0 Å². The summed E-state index contributed by atoms with van der Waals surface area (Å²) in [5, 5.41) is 2.51. The van der Waals surface area contributed by atoms with Crippen molar-refractivity contribution in [1.82, 2.24) is 4.57 Å². The minimum absolute atomic E-state index is 0.106. The number of nitrogens with zero attached hydrogens (tertiary/aromatic N) is 2. The molecule has 2 nitrogen and oxygen atoms in total. The number of anilines is 3. The first-order valence-electron chi connectivity index (χ1n) is 24.6. The molecule has 0 N–H and O–H groups in total. The van der Waals surface area contributed by atoms with Crippen LogP contribution in [0, 0.1) is 18.8 Å². The summed E-state index contributed by atoms with van der Waals surface area (Å²) < 4.78 is 2.43. The Morgan fingerprint density at radius 1 is 0.441 bits per heavy atom. The third-order valence-electron chi connectivity index (χ3n) is 14.8. The van der Waals surface area contributed by atoms with Crippen molar-refractivity contribution >= 4 is 38.9 Å². The van der Waals surface area contributed by atoms with Gasteiger partial charge in [-0.15, -0.1) is 0 Å². The molecular weight excluding hydrogens is 821 g/mol. The third-order valence-corrected chi connectivity index (χ3v) is 14.8. The van der Waals surface area contributed by atoms with Crippen LogP contribution in [0.3, 0.4) is 0 Å². The van der Waals surface area contributed by atoms with Crippen molar-refractivity contribution in [1.29, 1.82) is 0 Å². The van der Waals surface area contributed by atoms with E-state index in [-0.39, 0.29) is 5.41 Å². The minimum Gasteiger partial charge on any atom is -0.310 e. The summed E-state index contributed by atoms with van der Waals surface area (Å²) in [5.74, 6) is 1.83. The maximum Gasteiger partial charge on any atom is 0.0541 e. The first-order chi connectivity index (χ1) is 33.0. The van der Waals surface area contributed by atoms with Crippen molar-refractivity contribution in [3.05, 3.63) is 229 Å². The van der Waals surface area contributed by atoms with E-state index in [1.54, 1.807) is 0 Å². The Bertz CT molecular complexity index is 3420. The maximum absolute atomic E-state index is 2.43. The molecule has 1 unspecified atom stereocenters. The third kappa shape index (κ3) is 7.72. The molecule has 11 rings (SSSR count). The molecule has 1 heterocycles. The zero-order chi connectivity index (χ0) is 46.7. The zero-order valence-corrected chi connectivity index (χ0v) is 40.5. The van der Waals surface area contributed by atoms with E-state index in [9.17, 15) is 0 Å². The second kappa shape index (κ2) is 17.3. The molecule has 0 aliphatic heterocycles. The highest BCUT2D eigenvalue weighted by Crippen LogP contribution is 2.51. The minimum atomic E-state index is -0.106. The second-order valence-electron chi connectivity index (χ2n) is 20.4. The Balaban J connectivity index is 0.993. The molecule has 1 atom stereocenters. The molecule has 0 saturated heterocycles. The highest BCUT2D eigenvalue weighted by atomic mass is 15.1. The van der Waals surface area contributed by atoms with Crippen LogP contribution in [0.5, 0.6) is 0 Å². The van der Waals surface area contributed by atoms with Crippen LogP contribution in [-0.4, -0.2) is 4.57 Å². The van der Waals surface area contributed by atoms with Crippen LogP contribution in [0.2, 0.25) is 0 Å². The maximum atomic E-state index is 2.43. The molecule has 0 saturated carbocycles. The Morgan fingerprint density at radius 3 is 1.50 bits per heavy atom. The number of hydrogen-bond acceptors (Lipinski definition) is 1. The SMILES string of the molecule is Cc1ccc(-n2c3ccc(-c4ccc(C(CC(C)C)C(C)C)cc4)cc3c3cc(-c4ccc(N(c5ccc(-c6ccccc6)cc5)c5ccc6c(c5)C(C)(C)c5ccccc5-6)cc4)ccc32)cc1. The Hall–Kier alpha value is -7.42. The van der Waals surface area contributed by atoms with Crippen LogP contribution in [-0.2, 0) is 5.41 Å². The largest absolute Gasteiger partial charge is 0.310 e. The van der Waals surface area contributed by atoms with Gasteiger partial charge in [0.05, 0.1) is 11.0 Å². The van der Waals surface area contributed by atoms with Gasteiger partial charge in [0.25, 0.3) is 0 Å². The molecule has 1 aromatic heterocycles. The van der Waals surface area contributed by atoms with E-state index in [1.165, 1.54) is 101 Å². The van der Waals surface area contributed by atoms with Crippen molar-refractivity contribution in [2.45, 2.75) is 66.2 Å². The lowest BCUT2D eigenvalue weighted by Gasteiger charge is -2.28. The summed E-state index contributed by atoms with van der Waals surface area (Å²) >= 11 is 0. The van der Waals surface area contributed by atoms with Crippen LogP contribution in [0.1, 0.15) is 76.1 Å². The standard InChI is InChI=1S/C66H60N2/c1-43(2)39-59(44(3)4)50-21-19-48(20-22-50)51-27-37-64-60(40-51)61-41-52(28-38-65(61)68(64)55-29-17-45(5)18-30-55)49-25-33-54(34-26-49)67(53-31-23-47(24-32-53)46-13-9-8-10-14-46)56-35-36-58-57-15-11-12-16-62(57)66(6,7)63(58)42-56/h8-38,40-44,59H,39H2,1-7H3. The van der Waals surface area contributed by atoms with Crippen LogP contribution in [0.15, 0.2) is 206 Å². The van der Waals surface area contributed by atoms with Gasteiger partial charge >= 0.3 is 0 Å². The number of hydrogen-bond donors (Lipinski definition) is 0. The van der Waals surface area contributed by atoms with Crippen molar-refractivity contribution in [3.8, 4) is 50.2 Å². The van der Waals surface area contributed by atoms with Gasteiger partial charge in [0.15, 0.2) is 0 Å². The van der Waals surface area contributed by atoms with Gasteiger partial charge in [0.1, 0.15) is 0 Å². The Morgan fingerprint density at radius 2 is 0.926 bits per heavy atom. The Labute approximate surface area is 403 Å². The number of benzene rings is 9. The average Bonchev–Trinajstić information content (AvgIpc) is 3.81. The van der Waals surface area contributed by atoms with E-state index in [4.69, 9.17) is 0 Å². The highest BCUT2D eigenvalue weighted by molar-refractivity contribution is 6.11. The van der Waals surface area contributed by atoms with E-state index in [1.807, 2.05) is 0 Å². The van der Waals surface area contributed by atoms with Gasteiger partial charge in [-0.2, -0.15) is 0 Å². The van der Waals surface area contributed by atoms with Crippen molar-refractivity contribution in [2.75, 3.05) is 4.90 Å². The molecule has 0 amide bonds. The molecule has 68 heavy (non-hydrogen) atoms. The van der Waals surface area contributed by atoms with Crippen LogP contribution >= 0.6 is 0 Å². The lowest BCUT2D eigenvalue weighted by atomic mass is 9.82. The molecule has 10 aromatic rings. The summed E-state index contributed by atoms with van der Waals surface area (Å²) in [6, 6.07) is 77.2. The molecule has 334 valence electrons. The second-order valence-corrected chi connectivity index (χ2v) is 20.4. The molecule has 9 aromatic carbocycles. The lowest BCUT2D eigenvalue weighted by molar-refractivity contribution is 0.408. The number of aromatic nitrogens is 1. The molecule has 0 fully saturated rings. The van der Waals surface area contributed by atoms with Crippen molar-refractivity contribution in [3.63, 3.8) is 0 Å². The predicted octanol–water partition coefficient (Wildman–Crippen LogP) is 18.7. The van der Waals surface area contributed by atoms with Gasteiger partial charge in [-0.05, 0) is 165 Å². The Kier molecular flexibility index (Phi) is 11.0. The fourth-order valence-corrected chi connectivity index (χ4v) is 11.1. The molecule has 1 aliphatic carbocycles. The summed E-state index contributed by atoms with van der Waals surface area (Å²) in [6.07, 6.45) is 1.20. The van der Waals surface area contributed by atoms with Crippen molar-refractivity contribution in [2.24, 2.45) is 11.8 Å². The number of rotatable bonds is 11. The van der Waals surface area contributed by atoms with Gasteiger partial charge in [-0.3, -0.25) is 0 Å². The number of aryl methyl sites for hydroxylation is 1. The van der Waals surface area contributed by atoms with Gasteiger partial charge in [-0.1, -0.05) is 181 Å². The lowest BCUT2D eigenvalue weighted by Crippen LogP contribution is -2.16. The normalized spacial score (nSPS) is 13.3. The fourth-order valence-electron chi connectivity index (χ4n) is 11.1. The molecule has 0 radical (unpaired) electrons. The molecule has 2 heteroatoms. The summed E-state index contributed by atoms with van der Waals surface area (Å²) in [7, 11) is 0. The van der Waals surface area contributed by atoms with E-state index in [2.05, 4.69) is 264 Å². The van der Waals surface area contributed by atoms with Crippen LogP contribution < -0.4 is 4.90 Å². The van der Waals surface area contributed by atoms with E-state index in [0.29, 0.717) is 17.8 Å². The highest BCUT2D eigenvalue weighted by Gasteiger charge is 2.35. The topological polar surface area (TPSA) is 8.17 Å². The van der Waals surface area contributed by atoms with Gasteiger partial charge < -0.3 is 9.47 Å². The smallest absolute Gasteiger partial charge is 0.0541 e.